The maximum atomic E-state index is 12.5. The van der Waals surface area contributed by atoms with Crippen molar-refractivity contribution in [3.63, 3.8) is 0 Å². The molecule has 6 nitrogen and oxygen atoms in total. The number of likely N-dealkylation sites (tertiary alicyclic amines) is 2. The van der Waals surface area contributed by atoms with Crippen molar-refractivity contribution in [2.75, 3.05) is 13.1 Å². The molecule has 2 fully saturated rings. The van der Waals surface area contributed by atoms with E-state index in [1.54, 1.807) is 24.7 Å². The lowest BCUT2D eigenvalue weighted by molar-refractivity contribution is -0.133. The number of piperidine rings is 1. The molecule has 0 aromatic carbocycles. The fraction of sp³-hybridized carbons (Fsp3) is 0.421. The van der Waals surface area contributed by atoms with Gasteiger partial charge in [0.1, 0.15) is 0 Å². The van der Waals surface area contributed by atoms with Gasteiger partial charge in [0, 0.05) is 56.4 Å². The highest BCUT2D eigenvalue weighted by molar-refractivity contribution is 5.94. The summed E-state index contributed by atoms with van der Waals surface area (Å²) < 4.78 is 0. The number of amides is 2. The second-order valence-corrected chi connectivity index (χ2v) is 6.96. The predicted molar refractivity (Wildman–Crippen MR) is 92.7 cm³/mol. The molecule has 1 spiro atoms. The van der Waals surface area contributed by atoms with Gasteiger partial charge in [-0.2, -0.15) is 0 Å². The number of H-pyrrole nitrogens is 1. The van der Waals surface area contributed by atoms with Crippen LogP contribution < -0.4 is 0 Å². The SMILES string of the molecule is O=C(c1cc[nH]c1)N1CCC2(CCC(=O)N2Cc2cccnc2)CC1. The molecule has 25 heavy (non-hydrogen) atoms. The molecule has 1 N–H and O–H groups in total. The monoisotopic (exact) mass is 338 g/mol. The van der Waals surface area contributed by atoms with E-state index in [0.29, 0.717) is 31.6 Å². The van der Waals surface area contributed by atoms with Crippen molar-refractivity contribution in [1.82, 2.24) is 19.8 Å². The molecule has 6 heteroatoms. The fourth-order valence-electron chi connectivity index (χ4n) is 4.09. The first-order valence-electron chi connectivity index (χ1n) is 8.79. The average Bonchev–Trinajstić information content (AvgIpc) is 3.28. The molecule has 0 radical (unpaired) electrons. The predicted octanol–water partition coefficient (Wildman–Crippen LogP) is 2.21. The highest BCUT2D eigenvalue weighted by Gasteiger charge is 2.47. The lowest BCUT2D eigenvalue weighted by Gasteiger charge is -2.45. The summed E-state index contributed by atoms with van der Waals surface area (Å²) in [4.78, 5) is 36.0. The molecule has 2 aromatic rings. The van der Waals surface area contributed by atoms with Crippen LogP contribution in [0.5, 0.6) is 0 Å². The molecule has 130 valence electrons. The van der Waals surface area contributed by atoms with Gasteiger partial charge in [-0.05, 0) is 37.0 Å². The van der Waals surface area contributed by atoms with Crippen molar-refractivity contribution < 1.29 is 9.59 Å². The first-order chi connectivity index (χ1) is 12.2. The van der Waals surface area contributed by atoms with Crippen LogP contribution in [0.2, 0.25) is 0 Å². The van der Waals surface area contributed by atoms with Crippen LogP contribution in [0.15, 0.2) is 43.0 Å². The lowest BCUT2D eigenvalue weighted by atomic mass is 9.84. The smallest absolute Gasteiger partial charge is 0.255 e. The van der Waals surface area contributed by atoms with Crippen LogP contribution in [-0.2, 0) is 11.3 Å². The number of hydrogen-bond donors (Lipinski definition) is 1. The molecular formula is C19H22N4O2. The van der Waals surface area contributed by atoms with Crippen LogP contribution in [0.1, 0.15) is 41.6 Å². The van der Waals surface area contributed by atoms with Gasteiger partial charge in [-0.3, -0.25) is 14.6 Å². The third-order valence-electron chi connectivity index (χ3n) is 5.57. The molecule has 2 aliphatic rings. The molecule has 0 bridgehead atoms. The molecule has 0 unspecified atom stereocenters. The van der Waals surface area contributed by atoms with Crippen LogP contribution in [0.4, 0.5) is 0 Å². The molecule has 4 rings (SSSR count). The molecular weight excluding hydrogens is 316 g/mol. The maximum Gasteiger partial charge on any atom is 0.255 e. The van der Waals surface area contributed by atoms with Crippen molar-refractivity contribution in [1.29, 1.82) is 0 Å². The molecule has 0 aliphatic carbocycles. The number of carbonyl (C=O) groups is 2. The zero-order chi connectivity index (χ0) is 17.3. The van der Waals surface area contributed by atoms with Gasteiger partial charge in [-0.25, -0.2) is 0 Å². The number of rotatable bonds is 3. The normalized spacial score (nSPS) is 19.6. The highest BCUT2D eigenvalue weighted by atomic mass is 16.2. The quantitative estimate of drug-likeness (QED) is 0.933. The van der Waals surface area contributed by atoms with Gasteiger partial charge < -0.3 is 14.8 Å². The van der Waals surface area contributed by atoms with Crippen molar-refractivity contribution >= 4 is 11.8 Å². The number of hydrogen-bond acceptors (Lipinski definition) is 3. The molecule has 0 atom stereocenters. The van der Waals surface area contributed by atoms with Crippen molar-refractivity contribution in [2.24, 2.45) is 0 Å². The van der Waals surface area contributed by atoms with Crippen LogP contribution in [0.3, 0.4) is 0 Å². The van der Waals surface area contributed by atoms with E-state index in [9.17, 15) is 9.59 Å². The summed E-state index contributed by atoms with van der Waals surface area (Å²) >= 11 is 0. The van der Waals surface area contributed by atoms with Crippen molar-refractivity contribution in [3.8, 4) is 0 Å². The average molecular weight is 338 g/mol. The van der Waals surface area contributed by atoms with Crippen LogP contribution in [-0.4, -0.2) is 50.2 Å². The molecule has 0 saturated carbocycles. The third-order valence-corrected chi connectivity index (χ3v) is 5.57. The zero-order valence-electron chi connectivity index (χ0n) is 14.1. The largest absolute Gasteiger partial charge is 0.367 e. The number of nitrogens with one attached hydrogen (secondary N) is 1. The van der Waals surface area contributed by atoms with E-state index in [0.717, 1.165) is 24.8 Å². The van der Waals surface area contributed by atoms with E-state index in [1.165, 1.54) is 0 Å². The van der Waals surface area contributed by atoms with E-state index in [-0.39, 0.29) is 17.4 Å². The molecule has 2 aliphatic heterocycles. The fourth-order valence-corrected chi connectivity index (χ4v) is 4.09. The minimum atomic E-state index is -0.109. The lowest BCUT2D eigenvalue weighted by Crippen LogP contribution is -2.53. The second kappa shape index (κ2) is 6.35. The van der Waals surface area contributed by atoms with Crippen molar-refractivity contribution in [3.05, 3.63) is 54.1 Å². The van der Waals surface area contributed by atoms with E-state index in [4.69, 9.17) is 0 Å². The van der Waals surface area contributed by atoms with Crippen molar-refractivity contribution in [2.45, 2.75) is 37.8 Å². The minimum absolute atomic E-state index is 0.0687. The van der Waals surface area contributed by atoms with Gasteiger partial charge >= 0.3 is 0 Å². The van der Waals surface area contributed by atoms with Gasteiger partial charge in [-0.1, -0.05) is 6.07 Å². The zero-order valence-corrected chi connectivity index (χ0v) is 14.1. The molecule has 4 heterocycles. The van der Waals surface area contributed by atoms with Crippen LogP contribution in [0.25, 0.3) is 0 Å². The summed E-state index contributed by atoms with van der Waals surface area (Å²) in [7, 11) is 0. The standard InChI is InChI=1S/C19H22N4O2/c24-17-3-5-19(23(17)14-15-2-1-8-20-12-15)6-10-22(11-7-19)18(25)16-4-9-21-13-16/h1-2,4,8-9,12-13,21H,3,5-7,10-11,14H2. The Kier molecular flexibility index (Phi) is 4.03. The maximum absolute atomic E-state index is 12.5. The Morgan fingerprint density at radius 1 is 1.24 bits per heavy atom. The Bertz CT molecular complexity index is 749. The second-order valence-electron chi connectivity index (χ2n) is 6.96. The summed E-state index contributed by atoms with van der Waals surface area (Å²) in [5, 5.41) is 0. The van der Waals surface area contributed by atoms with E-state index >= 15 is 0 Å². The van der Waals surface area contributed by atoms with Gasteiger partial charge in [-0.15, -0.1) is 0 Å². The minimum Gasteiger partial charge on any atom is -0.367 e. The summed E-state index contributed by atoms with van der Waals surface area (Å²) in [6.07, 6.45) is 10.2. The Morgan fingerprint density at radius 2 is 2.08 bits per heavy atom. The number of nitrogens with zero attached hydrogens (tertiary/aromatic N) is 3. The van der Waals surface area contributed by atoms with Gasteiger partial charge in [0.15, 0.2) is 0 Å². The van der Waals surface area contributed by atoms with E-state index in [2.05, 4.69) is 9.97 Å². The topological polar surface area (TPSA) is 69.3 Å². The number of aromatic nitrogens is 2. The van der Waals surface area contributed by atoms with Gasteiger partial charge in [0.25, 0.3) is 5.91 Å². The highest BCUT2D eigenvalue weighted by Crippen LogP contribution is 2.40. The van der Waals surface area contributed by atoms with Gasteiger partial charge in [0.2, 0.25) is 5.91 Å². The first-order valence-corrected chi connectivity index (χ1v) is 8.79. The summed E-state index contributed by atoms with van der Waals surface area (Å²) in [5.41, 5.74) is 1.65. The molecule has 2 aromatic heterocycles. The third kappa shape index (κ3) is 2.92. The Hall–Kier alpha value is -2.63. The van der Waals surface area contributed by atoms with E-state index in [1.807, 2.05) is 28.1 Å². The number of aromatic amines is 1. The Labute approximate surface area is 146 Å². The van der Waals surface area contributed by atoms with Crippen LogP contribution in [0, 0.1) is 0 Å². The van der Waals surface area contributed by atoms with Gasteiger partial charge in [0.05, 0.1) is 5.56 Å². The summed E-state index contributed by atoms with van der Waals surface area (Å²) in [5.74, 6) is 0.286. The Morgan fingerprint density at radius 3 is 2.76 bits per heavy atom. The number of carbonyl (C=O) groups excluding carboxylic acids is 2. The summed E-state index contributed by atoms with van der Waals surface area (Å²) in [6, 6.07) is 5.72. The van der Waals surface area contributed by atoms with Crippen LogP contribution >= 0.6 is 0 Å². The summed E-state index contributed by atoms with van der Waals surface area (Å²) in [6.45, 7) is 2.00. The molecule has 2 amide bonds. The van der Waals surface area contributed by atoms with E-state index < -0.39 is 0 Å². The Balaban J connectivity index is 1.47. The molecule has 2 saturated heterocycles. The number of pyridine rings is 1. The first kappa shape index (κ1) is 15.9.